The molecule has 4 rings (SSSR count). The number of hydrogen-bond donors (Lipinski definition) is 0. The molecule has 1 aliphatic rings. The molecular formula is C25H29N3O4. The molecule has 1 aliphatic heterocycles. The molecule has 7 heteroatoms. The van der Waals surface area contributed by atoms with E-state index in [0.29, 0.717) is 24.0 Å². The predicted octanol–water partition coefficient (Wildman–Crippen LogP) is 4.37. The van der Waals surface area contributed by atoms with E-state index in [2.05, 4.69) is 21.1 Å². The van der Waals surface area contributed by atoms with Crippen LogP contribution in [0.1, 0.15) is 46.0 Å². The molecule has 1 aromatic heterocycles. The first kappa shape index (κ1) is 22.0. The lowest BCUT2D eigenvalue weighted by atomic mass is 9.87. The Labute approximate surface area is 188 Å². The van der Waals surface area contributed by atoms with E-state index < -0.39 is 0 Å². The zero-order valence-corrected chi connectivity index (χ0v) is 18.8. The molecule has 32 heavy (non-hydrogen) atoms. The van der Waals surface area contributed by atoms with Gasteiger partial charge in [-0.2, -0.15) is 4.98 Å². The van der Waals surface area contributed by atoms with E-state index in [1.807, 2.05) is 50.2 Å². The summed E-state index contributed by atoms with van der Waals surface area (Å²) < 4.78 is 16.2. The molecule has 0 aliphatic carbocycles. The van der Waals surface area contributed by atoms with Gasteiger partial charge in [0.25, 0.3) is 0 Å². The highest BCUT2D eigenvalue weighted by Gasteiger charge is 2.27. The Balaban J connectivity index is 1.25. The topological polar surface area (TPSA) is 77.7 Å². The van der Waals surface area contributed by atoms with Crippen LogP contribution in [0.2, 0.25) is 0 Å². The van der Waals surface area contributed by atoms with E-state index in [0.717, 1.165) is 42.8 Å². The van der Waals surface area contributed by atoms with Crippen molar-refractivity contribution in [2.24, 2.45) is 5.92 Å². The number of ketones is 1. The molecule has 0 radical (unpaired) electrons. The number of nitrogens with zero attached hydrogens (tertiary/aromatic N) is 3. The molecule has 2 aromatic carbocycles. The molecule has 2 heterocycles. The van der Waals surface area contributed by atoms with Crippen LogP contribution in [0.4, 0.5) is 0 Å². The van der Waals surface area contributed by atoms with Crippen LogP contribution < -0.4 is 9.47 Å². The van der Waals surface area contributed by atoms with Crippen LogP contribution in [-0.4, -0.2) is 41.0 Å². The second-order valence-electron chi connectivity index (χ2n) is 8.30. The number of aryl methyl sites for hydroxylation is 2. The van der Waals surface area contributed by atoms with E-state index in [1.165, 1.54) is 5.56 Å². The summed E-state index contributed by atoms with van der Waals surface area (Å²) in [7, 11) is 1.63. The zero-order valence-electron chi connectivity index (χ0n) is 18.8. The lowest BCUT2D eigenvalue weighted by Gasteiger charge is -2.30. The third kappa shape index (κ3) is 5.34. The van der Waals surface area contributed by atoms with Crippen molar-refractivity contribution in [3.05, 3.63) is 70.9 Å². The molecule has 0 amide bonds. The minimum Gasteiger partial charge on any atom is -0.497 e. The molecular weight excluding hydrogens is 406 g/mol. The van der Waals surface area contributed by atoms with Gasteiger partial charge in [-0.05, 0) is 69.6 Å². The van der Waals surface area contributed by atoms with Crippen molar-refractivity contribution in [2.45, 2.75) is 39.8 Å². The van der Waals surface area contributed by atoms with E-state index in [1.54, 1.807) is 7.11 Å². The fourth-order valence-corrected chi connectivity index (χ4v) is 4.09. The molecule has 0 bridgehead atoms. The average molecular weight is 436 g/mol. The summed E-state index contributed by atoms with van der Waals surface area (Å²) in [6.45, 7) is 6.56. The van der Waals surface area contributed by atoms with Crippen LogP contribution in [-0.2, 0) is 13.2 Å². The summed E-state index contributed by atoms with van der Waals surface area (Å²) in [5.74, 6) is 2.90. The number of aromatic nitrogens is 2. The fourth-order valence-electron chi connectivity index (χ4n) is 4.09. The van der Waals surface area contributed by atoms with Crippen molar-refractivity contribution in [1.82, 2.24) is 15.0 Å². The third-order valence-corrected chi connectivity index (χ3v) is 5.90. The number of likely N-dealkylation sites (tertiary alicyclic amines) is 1. The summed E-state index contributed by atoms with van der Waals surface area (Å²) >= 11 is 0. The number of hydrogen-bond acceptors (Lipinski definition) is 7. The second-order valence-corrected chi connectivity index (χ2v) is 8.30. The second kappa shape index (κ2) is 9.96. The highest BCUT2D eigenvalue weighted by Crippen LogP contribution is 2.25. The van der Waals surface area contributed by atoms with Crippen LogP contribution >= 0.6 is 0 Å². The number of carbonyl (C=O) groups excluding carboxylic acids is 1. The molecule has 0 unspecified atom stereocenters. The molecule has 3 aromatic rings. The summed E-state index contributed by atoms with van der Waals surface area (Å²) in [6, 6.07) is 13.4. The van der Waals surface area contributed by atoms with Crippen LogP contribution in [0.25, 0.3) is 0 Å². The fraction of sp³-hybridized carbons (Fsp3) is 0.400. The zero-order chi connectivity index (χ0) is 22.5. The van der Waals surface area contributed by atoms with Crippen molar-refractivity contribution < 1.29 is 18.8 Å². The number of carbonyl (C=O) groups is 1. The maximum atomic E-state index is 12.9. The third-order valence-electron chi connectivity index (χ3n) is 5.90. The number of benzene rings is 2. The quantitative estimate of drug-likeness (QED) is 0.486. The maximum absolute atomic E-state index is 12.9. The van der Waals surface area contributed by atoms with Gasteiger partial charge in [-0.3, -0.25) is 9.69 Å². The first-order valence-corrected chi connectivity index (χ1v) is 10.9. The van der Waals surface area contributed by atoms with Gasteiger partial charge >= 0.3 is 0 Å². The molecule has 168 valence electrons. The van der Waals surface area contributed by atoms with Gasteiger partial charge in [-0.15, -0.1) is 0 Å². The Bertz CT molecular complexity index is 1050. The molecule has 0 atom stereocenters. The van der Waals surface area contributed by atoms with Gasteiger partial charge in [-0.25, -0.2) is 0 Å². The van der Waals surface area contributed by atoms with E-state index in [-0.39, 0.29) is 18.3 Å². The number of Topliss-reactive ketones (excluding diaryl/α,β-unsaturated/α-hetero) is 1. The maximum Gasteiger partial charge on any atom is 0.240 e. The van der Waals surface area contributed by atoms with Gasteiger partial charge < -0.3 is 14.0 Å². The SMILES string of the molecule is COc1ccc(OCc2noc(CN3CCC(C(=O)c4ccc(C)cc4C)CC3)n2)cc1. The van der Waals surface area contributed by atoms with Crippen molar-refractivity contribution in [3.8, 4) is 11.5 Å². The lowest BCUT2D eigenvalue weighted by molar-refractivity contribution is 0.0824. The van der Waals surface area contributed by atoms with Crippen molar-refractivity contribution in [2.75, 3.05) is 20.2 Å². The van der Waals surface area contributed by atoms with Gasteiger partial charge in [0.15, 0.2) is 12.4 Å². The van der Waals surface area contributed by atoms with Crippen LogP contribution in [0, 0.1) is 19.8 Å². The van der Waals surface area contributed by atoms with Gasteiger partial charge in [0.2, 0.25) is 11.7 Å². The highest BCUT2D eigenvalue weighted by atomic mass is 16.5. The first-order valence-electron chi connectivity index (χ1n) is 10.9. The lowest BCUT2D eigenvalue weighted by Crippen LogP contribution is -2.36. The Kier molecular flexibility index (Phi) is 6.85. The van der Waals surface area contributed by atoms with Crippen LogP contribution in [0.15, 0.2) is 47.0 Å². The summed E-state index contributed by atoms with van der Waals surface area (Å²) in [4.78, 5) is 19.6. The van der Waals surface area contributed by atoms with Gasteiger partial charge in [0.1, 0.15) is 11.5 Å². The average Bonchev–Trinajstić information content (AvgIpc) is 3.25. The predicted molar refractivity (Wildman–Crippen MR) is 120 cm³/mol. The normalized spacial score (nSPS) is 15.0. The number of piperidine rings is 1. The number of methoxy groups -OCH3 is 1. The van der Waals surface area contributed by atoms with Gasteiger partial charge in [-0.1, -0.05) is 28.9 Å². The summed E-state index contributed by atoms with van der Waals surface area (Å²) in [6.07, 6.45) is 1.68. The molecule has 0 spiro atoms. The van der Waals surface area contributed by atoms with E-state index in [9.17, 15) is 4.79 Å². The van der Waals surface area contributed by atoms with Crippen LogP contribution in [0.5, 0.6) is 11.5 Å². The van der Waals surface area contributed by atoms with Crippen molar-refractivity contribution >= 4 is 5.78 Å². The highest BCUT2D eigenvalue weighted by molar-refractivity contribution is 5.99. The molecule has 0 saturated carbocycles. The summed E-state index contributed by atoms with van der Waals surface area (Å²) in [5, 5.41) is 4.01. The smallest absolute Gasteiger partial charge is 0.240 e. The molecule has 7 nitrogen and oxygen atoms in total. The van der Waals surface area contributed by atoms with Crippen LogP contribution in [0.3, 0.4) is 0 Å². The monoisotopic (exact) mass is 435 g/mol. The summed E-state index contributed by atoms with van der Waals surface area (Å²) in [5.41, 5.74) is 3.10. The van der Waals surface area contributed by atoms with Crippen molar-refractivity contribution in [3.63, 3.8) is 0 Å². The van der Waals surface area contributed by atoms with Crippen molar-refractivity contribution in [1.29, 1.82) is 0 Å². The molecule has 1 saturated heterocycles. The Morgan fingerprint density at radius 3 is 2.50 bits per heavy atom. The Morgan fingerprint density at radius 2 is 1.81 bits per heavy atom. The van der Waals surface area contributed by atoms with E-state index in [4.69, 9.17) is 14.0 Å². The van der Waals surface area contributed by atoms with E-state index >= 15 is 0 Å². The molecule has 1 fully saturated rings. The molecule has 0 N–H and O–H groups in total. The standard InChI is InChI=1S/C25H29N3O4/c1-17-4-9-22(18(2)14-17)25(29)19-10-12-28(13-11-19)15-24-26-23(27-32-24)16-31-21-7-5-20(30-3)6-8-21/h4-9,14,19H,10-13,15-16H2,1-3H3. The Hall–Kier alpha value is -3.19. The van der Waals surface area contributed by atoms with Gasteiger partial charge in [0.05, 0.1) is 13.7 Å². The Morgan fingerprint density at radius 1 is 1.09 bits per heavy atom. The number of ether oxygens (including phenoxy) is 2. The largest absolute Gasteiger partial charge is 0.497 e. The van der Waals surface area contributed by atoms with Gasteiger partial charge in [0, 0.05) is 11.5 Å². The first-order chi connectivity index (χ1) is 15.5. The minimum atomic E-state index is 0.0730. The number of rotatable bonds is 8. The minimum absolute atomic E-state index is 0.0730.